The molecule has 2 aromatic rings. The third kappa shape index (κ3) is 5.22. The SMILES string of the molecule is N#Cc1ccccc1NC(=O)C(=S)NCCNc1ccc([N+](=O)[O-])cn1. The van der Waals surface area contributed by atoms with Gasteiger partial charge in [-0.2, -0.15) is 5.26 Å². The van der Waals surface area contributed by atoms with E-state index in [1.807, 2.05) is 6.07 Å². The minimum Gasteiger partial charge on any atom is -0.370 e. The van der Waals surface area contributed by atoms with E-state index in [2.05, 4.69) is 20.9 Å². The van der Waals surface area contributed by atoms with Crippen LogP contribution in [0, 0.1) is 21.4 Å². The molecule has 0 aliphatic carbocycles. The van der Waals surface area contributed by atoms with Gasteiger partial charge in [0.25, 0.3) is 11.6 Å². The fourth-order valence-corrected chi connectivity index (χ4v) is 2.07. The summed E-state index contributed by atoms with van der Waals surface area (Å²) in [5.74, 6) is -0.0492. The van der Waals surface area contributed by atoms with Gasteiger partial charge in [0.05, 0.1) is 16.2 Å². The lowest BCUT2D eigenvalue weighted by Gasteiger charge is -2.10. The first-order chi connectivity index (χ1) is 12.5. The van der Waals surface area contributed by atoms with Crippen LogP contribution in [-0.2, 0) is 4.79 Å². The average molecular weight is 370 g/mol. The highest BCUT2D eigenvalue weighted by atomic mass is 32.1. The van der Waals surface area contributed by atoms with Crippen LogP contribution in [0.4, 0.5) is 17.2 Å². The Balaban J connectivity index is 1.77. The number of nitrogens with one attached hydrogen (secondary N) is 3. The van der Waals surface area contributed by atoms with Gasteiger partial charge in [0, 0.05) is 19.2 Å². The molecule has 0 radical (unpaired) electrons. The number of hydrogen-bond acceptors (Lipinski definition) is 7. The second-order valence-electron chi connectivity index (χ2n) is 4.95. The molecule has 0 aliphatic rings. The molecule has 2 rings (SSSR count). The minimum atomic E-state index is -0.528. The normalized spacial score (nSPS) is 9.65. The van der Waals surface area contributed by atoms with Crippen LogP contribution in [0.1, 0.15) is 5.56 Å². The Morgan fingerprint density at radius 2 is 2.04 bits per heavy atom. The average Bonchev–Trinajstić information content (AvgIpc) is 2.65. The summed E-state index contributed by atoms with van der Waals surface area (Å²) in [6, 6.07) is 11.4. The van der Waals surface area contributed by atoms with Crippen molar-refractivity contribution >= 4 is 40.3 Å². The van der Waals surface area contributed by atoms with E-state index >= 15 is 0 Å². The molecular weight excluding hydrogens is 356 g/mol. The summed E-state index contributed by atoms with van der Waals surface area (Å²) >= 11 is 5.01. The quantitative estimate of drug-likeness (QED) is 0.303. The largest absolute Gasteiger partial charge is 0.370 e. The van der Waals surface area contributed by atoms with E-state index in [0.717, 1.165) is 6.20 Å². The number of para-hydroxylation sites is 1. The lowest BCUT2D eigenvalue weighted by Crippen LogP contribution is -2.36. The zero-order chi connectivity index (χ0) is 18.9. The number of nitrogens with zero attached hydrogens (tertiary/aromatic N) is 3. The van der Waals surface area contributed by atoms with Gasteiger partial charge >= 0.3 is 0 Å². The van der Waals surface area contributed by atoms with E-state index in [1.54, 1.807) is 24.3 Å². The molecule has 10 heteroatoms. The molecule has 0 saturated carbocycles. The molecule has 132 valence electrons. The monoisotopic (exact) mass is 370 g/mol. The van der Waals surface area contributed by atoms with Gasteiger partial charge in [-0.05, 0) is 18.2 Å². The molecule has 1 amide bonds. The molecule has 0 aliphatic heterocycles. The Kier molecular flexibility index (Phi) is 6.53. The fourth-order valence-electron chi connectivity index (χ4n) is 1.91. The molecular formula is C16H14N6O3S. The van der Waals surface area contributed by atoms with Crippen molar-refractivity contribution in [2.24, 2.45) is 0 Å². The molecule has 1 heterocycles. The smallest absolute Gasteiger partial charge is 0.287 e. The van der Waals surface area contributed by atoms with Crippen LogP contribution in [0.25, 0.3) is 0 Å². The maximum atomic E-state index is 12.0. The van der Waals surface area contributed by atoms with Gasteiger partial charge < -0.3 is 16.0 Å². The first-order valence-corrected chi connectivity index (χ1v) is 7.84. The summed E-state index contributed by atoms with van der Waals surface area (Å²) in [7, 11) is 0. The van der Waals surface area contributed by atoms with Crippen LogP contribution in [0.15, 0.2) is 42.6 Å². The third-order valence-electron chi connectivity index (χ3n) is 3.18. The summed E-state index contributed by atoms with van der Waals surface area (Å²) in [6.07, 6.45) is 1.15. The topological polar surface area (TPSA) is 133 Å². The number of amides is 1. The van der Waals surface area contributed by atoms with Gasteiger partial charge in [0.15, 0.2) is 4.99 Å². The summed E-state index contributed by atoms with van der Waals surface area (Å²) < 4.78 is 0. The number of carbonyl (C=O) groups is 1. The second-order valence-corrected chi connectivity index (χ2v) is 5.36. The zero-order valence-corrected chi connectivity index (χ0v) is 14.2. The van der Waals surface area contributed by atoms with E-state index in [4.69, 9.17) is 17.5 Å². The molecule has 1 aromatic heterocycles. The Labute approximate surface area is 154 Å². The van der Waals surface area contributed by atoms with Gasteiger partial charge in [0.2, 0.25) is 0 Å². The number of hydrogen-bond donors (Lipinski definition) is 3. The van der Waals surface area contributed by atoms with E-state index in [-0.39, 0.29) is 10.7 Å². The zero-order valence-electron chi connectivity index (χ0n) is 13.4. The molecule has 26 heavy (non-hydrogen) atoms. The lowest BCUT2D eigenvalue weighted by atomic mass is 10.2. The van der Waals surface area contributed by atoms with Crippen molar-refractivity contribution in [1.82, 2.24) is 10.3 Å². The fraction of sp³-hybridized carbons (Fsp3) is 0.125. The maximum Gasteiger partial charge on any atom is 0.287 e. The van der Waals surface area contributed by atoms with Crippen molar-refractivity contribution in [3.05, 3.63) is 58.3 Å². The second kappa shape index (κ2) is 9.05. The van der Waals surface area contributed by atoms with E-state index in [0.29, 0.717) is 30.2 Å². The van der Waals surface area contributed by atoms with Crippen LogP contribution in [-0.4, -0.2) is 33.9 Å². The van der Waals surface area contributed by atoms with Crippen molar-refractivity contribution < 1.29 is 9.72 Å². The standard InChI is InChI=1S/C16H14N6O3S/c17-9-11-3-1-2-4-13(11)21-15(23)16(26)19-8-7-18-14-6-5-12(10-20-14)22(24)25/h1-6,10H,7-8H2,(H,18,20)(H,19,26)(H,21,23). The number of anilines is 2. The Bertz CT molecular complexity index is 863. The number of benzene rings is 1. The number of carbonyl (C=O) groups excluding carboxylic acids is 1. The first kappa shape index (κ1) is 18.8. The lowest BCUT2D eigenvalue weighted by molar-refractivity contribution is -0.385. The van der Waals surface area contributed by atoms with E-state index in [1.165, 1.54) is 12.1 Å². The van der Waals surface area contributed by atoms with Gasteiger partial charge in [-0.15, -0.1) is 0 Å². The van der Waals surface area contributed by atoms with Crippen molar-refractivity contribution in [1.29, 1.82) is 5.26 Å². The van der Waals surface area contributed by atoms with Gasteiger partial charge in [0.1, 0.15) is 18.1 Å². The van der Waals surface area contributed by atoms with E-state index < -0.39 is 10.8 Å². The third-order valence-corrected chi connectivity index (χ3v) is 3.51. The number of aromatic nitrogens is 1. The Morgan fingerprint density at radius 3 is 2.69 bits per heavy atom. The number of pyridine rings is 1. The highest BCUT2D eigenvalue weighted by molar-refractivity contribution is 7.82. The molecule has 1 aromatic carbocycles. The minimum absolute atomic E-state index is 0.0174. The Morgan fingerprint density at radius 1 is 1.27 bits per heavy atom. The number of nitriles is 1. The van der Waals surface area contributed by atoms with Crippen LogP contribution >= 0.6 is 12.2 Å². The highest BCUT2D eigenvalue weighted by Crippen LogP contribution is 2.13. The molecule has 0 bridgehead atoms. The number of thiocarbonyl (C=S) groups is 1. The molecule has 9 nitrogen and oxygen atoms in total. The van der Waals surface area contributed by atoms with Gasteiger partial charge in [-0.3, -0.25) is 14.9 Å². The van der Waals surface area contributed by atoms with E-state index in [9.17, 15) is 14.9 Å². The maximum absolute atomic E-state index is 12.0. The van der Waals surface area contributed by atoms with Crippen molar-refractivity contribution in [3.8, 4) is 6.07 Å². The van der Waals surface area contributed by atoms with Crippen LogP contribution in [0.3, 0.4) is 0 Å². The van der Waals surface area contributed by atoms with Crippen LogP contribution in [0.2, 0.25) is 0 Å². The van der Waals surface area contributed by atoms with Crippen LogP contribution in [0.5, 0.6) is 0 Å². The van der Waals surface area contributed by atoms with Gasteiger partial charge in [-0.1, -0.05) is 24.4 Å². The molecule has 0 spiro atoms. The van der Waals surface area contributed by atoms with Crippen molar-refractivity contribution in [2.75, 3.05) is 23.7 Å². The molecule has 0 unspecified atom stereocenters. The molecule has 0 atom stereocenters. The van der Waals surface area contributed by atoms with Crippen molar-refractivity contribution in [3.63, 3.8) is 0 Å². The highest BCUT2D eigenvalue weighted by Gasteiger charge is 2.11. The predicted molar refractivity (Wildman–Crippen MR) is 99.8 cm³/mol. The molecule has 0 fully saturated rings. The Hall–Kier alpha value is -3.58. The summed E-state index contributed by atoms with van der Waals surface area (Å²) in [6.45, 7) is 0.734. The summed E-state index contributed by atoms with van der Waals surface area (Å²) in [5.41, 5.74) is 0.635. The first-order valence-electron chi connectivity index (χ1n) is 7.44. The number of rotatable bonds is 6. The number of nitro groups is 1. The van der Waals surface area contributed by atoms with Gasteiger partial charge in [-0.25, -0.2) is 4.98 Å². The molecule has 3 N–H and O–H groups in total. The summed E-state index contributed by atoms with van der Waals surface area (Å²) in [5, 5.41) is 27.8. The summed E-state index contributed by atoms with van der Waals surface area (Å²) in [4.78, 5) is 25.9. The van der Waals surface area contributed by atoms with Crippen LogP contribution < -0.4 is 16.0 Å². The molecule has 0 saturated heterocycles. The van der Waals surface area contributed by atoms with Crippen molar-refractivity contribution in [2.45, 2.75) is 0 Å². The predicted octanol–water partition coefficient (Wildman–Crippen LogP) is 1.83.